The van der Waals surface area contributed by atoms with E-state index in [0.717, 1.165) is 5.39 Å². The molecule has 0 aliphatic carbocycles. The average molecular weight is 363 g/mol. The van der Waals surface area contributed by atoms with Gasteiger partial charge in [0.2, 0.25) is 0 Å². The fourth-order valence-electron chi connectivity index (χ4n) is 3.03. The number of methoxy groups -OCH3 is 1. The van der Waals surface area contributed by atoms with E-state index in [9.17, 15) is 9.90 Å². The monoisotopic (exact) mass is 363 g/mol. The maximum Gasteiger partial charge on any atom is 0.336 e. The van der Waals surface area contributed by atoms with Crippen molar-refractivity contribution in [2.45, 2.75) is 6.92 Å². The van der Waals surface area contributed by atoms with Crippen molar-refractivity contribution >= 4 is 27.8 Å². The van der Waals surface area contributed by atoms with Crippen molar-refractivity contribution in [3.8, 4) is 23.0 Å². The highest BCUT2D eigenvalue weighted by Crippen LogP contribution is 2.32. The number of aromatic nitrogens is 1. The molecule has 1 N–H and O–H groups in total. The predicted octanol–water partition coefficient (Wildman–Crippen LogP) is 4.75. The molecule has 0 unspecified atom stereocenters. The first-order chi connectivity index (χ1) is 13.1. The number of ether oxygens (including phenoxy) is 2. The Morgan fingerprint density at radius 2 is 1.93 bits per heavy atom. The number of nitrogens with zero attached hydrogens (tertiary/aromatic N) is 1. The van der Waals surface area contributed by atoms with Gasteiger partial charge in [-0.3, -0.25) is 0 Å². The highest BCUT2D eigenvalue weighted by Gasteiger charge is 2.16. The van der Waals surface area contributed by atoms with Crippen LogP contribution in [0.2, 0.25) is 0 Å². The predicted molar refractivity (Wildman–Crippen MR) is 102 cm³/mol. The largest absolute Gasteiger partial charge is 0.497 e. The van der Waals surface area contributed by atoms with E-state index in [1.807, 2.05) is 25.1 Å². The molecule has 0 saturated carbocycles. The van der Waals surface area contributed by atoms with Crippen LogP contribution in [-0.4, -0.2) is 29.8 Å². The zero-order valence-electron chi connectivity index (χ0n) is 14.9. The molecule has 0 atom stereocenters. The Labute approximate surface area is 155 Å². The minimum Gasteiger partial charge on any atom is -0.497 e. The molecule has 136 valence electrons. The lowest BCUT2D eigenvalue weighted by Crippen LogP contribution is -2.01. The Bertz CT molecular complexity index is 1160. The van der Waals surface area contributed by atoms with E-state index >= 15 is 0 Å². The number of hydrogen-bond donors (Lipinski definition) is 1. The zero-order valence-corrected chi connectivity index (χ0v) is 14.9. The van der Waals surface area contributed by atoms with Crippen molar-refractivity contribution in [3.05, 3.63) is 54.1 Å². The van der Waals surface area contributed by atoms with E-state index < -0.39 is 5.97 Å². The molecular weight excluding hydrogens is 346 g/mol. The number of carboxylic acids is 1. The van der Waals surface area contributed by atoms with Gasteiger partial charge in [-0.1, -0.05) is 0 Å². The molecule has 0 fully saturated rings. The highest BCUT2D eigenvalue weighted by molar-refractivity contribution is 6.04. The summed E-state index contributed by atoms with van der Waals surface area (Å²) in [5, 5.41) is 11.1. The van der Waals surface area contributed by atoms with Gasteiger partial charge in [-0.05, 0) is 49.4 Å². The van der Waals surface area contributed by atoms with Gasteiger partial charge < -0.3 is 19.0 Å². The summed E-state index contributed by atoms with van der Waals surface area (Å²) < 4.78 is 16.6. The van der Waals surface area contributed by atoms with Crippen LogP contribution in [0.15, 0.2) is 52.9 Å². The van der Waals surface area contributed by atoms with Crippen LogP contribution in [0.5, 0.6) is 11.5 Å². The van der Waals surface area contributed by atoms with Crippen molar-refractivity contribution in [3.63, 3.8) is 0 Å². The van der Waals surface area contributed by atoms with Gasteiger partial charge in [0.15, 0.2) is 5.76 Å². The third-order valence-electron chi connectivity index (χ3n) is 4.30. The van der Waals surface area contributed by atoms with Gasteiger partial charge in [0.05, 0.1) is 24.8 Å². The van der Waals surface area contributed by atoms with E-state index in [1.165, 1.54) is 6.07 Å². The van der Waals surface area contributed by atoms with E-state index in [2.05, 4.69) is 4.98 Å². The molecule has 2 heterocycles. The fourth-order valence-corrected chi connectivity index (χ4v) is 3.03. The van der Waals surface area contributed by atoms with Crippen LogP contribution in [-0.2, 0) is 0 Å². The second kappa shape index (κ2) is 6.64. The molecule has 0 radical (unpaired) electrons. The minimum absolute atomic E-state index is 0.148. The first-order valence-corrected chi connectivity index (χ1v) is 8.48. The minimum atomic E-state index is -1.03. The third kappa shape index (κ3) is 3.06. The van der Waals surface area contributed by atoms with Crippen molar-refractivity contribution in [2.24, 2.45) is 0 Å². The van der Waals surface area contributed by atoms with E-state index in [4.69, 9.17) is 13.9 Å². The first-order valence-electron chi connectivity index (χ1n) is 8.48. The number of furan rings is 1. The normalized spacial score (nSPS) is 11.0. The quantitative estimate of drug-likeness (QED) is 0.551. The second-order valence-corrected chi connectivity index (χ2v) is 5.99. The van der Waals surface area contributed by atoms with Crippen LogP contribution in [0.4, 0.5) is 0 Å². The summed E-state index contributed by atoms with van der Waals surface area (Å²) in [7, 11) is 1.59. The number of aromatic carboxylic acids is 1. The SMILES string of the molecule is CCOc1ccc2nc(-c3cc4ccc(OC)cc4o3)cc(C(=O)O)c2c1. The number of pyridine rings is 1. The van der Waals surface area contributed by atoms with E-state index in [0.29, 0.717) is 46.0 Å². The third-order valence-corrected chi connectivity index (χ3v) is 4.30. The molecule has 6 nitrogen and oxygen atoms in total. The van der Waals surface area contributed by atoms with Gasteiger partial charge in [-0.15, -0.1) is 0 Å². The van der Waals surface area contributed by atoms with Gasteiger partial charge in [0.1, 0.15) is 22.8 Å². The Morgan fingerprint density at radius 3 is 2.67 bits per heavy atom. The lowest BCUT2D eigenvalue weighted by Gasteiger charge is -2.08. The van der Waals surface area contributed by atoms with E-state index in [-0.39, 0.29) is 5.56 Å². The lowest BCUT2D eigenvalue weighted by molar-refractivity contribution is 0.0699. The van der Waals surface area contributed by atoms with Crippen molar-refractivity contribution in [1.82, 2.24) is 4.98 Å². The number of carboxylic acid groups (broad SMARTS) is 1. The van der Waals surface area contributed by atoms with Gasteiger partial charge in [0, 0.05) is 16.8 Å². The second-order valence-electron chi connectivity index (χ2n) is 5.99. The van der Waals surface area contributed by atoms with Crippen molar-refractivity contribution in [1.29, 1.82) is 0 Å². The van der Waals surface area contributed by atoms with E-state index in [1.54, 1.807) is 31.4 Å². The van der Waals surface area contributed by atoms with Crippen LogP contribution in [0, 0.1) is 0 Å². The molecule has 4 aromatic rings. The molecule has 0 aliphatic heterocycles. The van der Waals surface area contributed by atoms with Crippen LogP contribution in [0.3, 0.4) is 0 Å². The van der Waals surface area contributed by atoms with Crippen LogP contribution >= 0.6 is 0 Å². The molecular formula is C21H17NO5. The van der Waals surface area contributed by atoms with Crippen LogP contribution in [0.25, 0.3) is 33.3 Å². The summed E-state index contributed by atoms with van der Waals surface area (Å²) in [6, 6.07) is 14.1. The van der Waals surface area contributed by atoms with Crippen molar-refractivity contribution in [2.75, 3.05) is 13.7 Å². The number of carbonyl (C=O) groups is 1. The zero-order chi connectivity index (χ0) is 19.0. The van der Waals surface area contributed by atoms with Gasteiger partial charge >= 0.3 is 5.97 Å². The Balaban J connectivity index is 1.89. The molecule has 0 amide bonds. The number of rotatable bonds is 5. The maximum atomic E-state index is 11.8. The van der Waals surface area contributed by atoms with Gasteiger partial charge in [0.25, 0.3) is 0 Å². The highest BCUT2D eigenvalue weighted by atomic mass is 16.5. The average Bonchev–Trinajstić information content (AvgIpc) is 3.10. The molecule has 4 rings (SSSR count). The summed E-state index contributed by atoms with van der Waals surface area (Å²) >= 11 is 0. The summed E-state index contributed by atoms with van der Waals surface area (Å²) in [4.78, 5) is 16.4. The van der Waals surface area contributed by atoms with Crippen molar-refractivity contribution < 1.29 is 23.8 Å². The first kappa shape index (κ1) is 16.9. The Hall–Kier alpha value is -3.54. The molecule has 6 heteroatoms. The van der Waals surface area contributed by atoms with Gasteiger partial charge in [-0.2, -0.15) is 0 Å². The van der Waals surface area contributed by atoms with Gasteiger partial charge in [-0.25, -0.2) is 9.78 Å². The standard InChI is InChI=1S/C21H17NO5/c1-3-26-14-6-7-17-15(9-14)16(21(23)24)11-18(22-17)20-8-12-4-5-13(25-2)10-19(12)27-20/h4-11H,3H2,1-2H3,(H,23,24). The lowest BCUT2D eigenvalue weighted by atomic mass is 10.1. The molecule has 0 aliphatic rings. The molecule has 0 spiro atoms. The van der Waals surface area contributed by atoms with Crippen LogP contribution in [0.1, 0.15) is 17.3 Å². The van der Waals surface area contributed by atoms with Crippen LogP contribution < -0.4 is 9.47 Å². The summed E-state index contributed by atoms with van der Waals surface area (Å²) in [5.41, 5.74) is 1.81. The summed E-state index contributed by atoms with van der Waals surface area (Å²) in [5.74, 6) is 0.758. The Kier molecular flexibility index (Phi) is 4.16. The number of benzene rings is 2. The number of hydrogen-bond acceptors (Lipinski definition) is 5. The topological polar surface area (TPSA) is 81.8 Å². The summed E-state index contributed by atoms with van der Waals surface area (Å²) in [6.45, 7) is 2.38. The summed E-state index contributed by atoms with van der Waals surface area (Å²) in [6.07, 6.45) is 0. The smallest absolute Gasteiger partial charge is 0.336 e. The fraction of sp³-hybridized carbons (Fsp3) is 0.143. The maximum absolute atomic E-state index is 11.8. The Morgan fingerprint density at radius 1 is 1.11 bits per heavy atom. The molecule has 2 aromatic heterocycles. The number of fused-ring (bicyclic) bond motifs is 2. The molecule has 0 saturated heterocycles. The molecule has 0 bridgehead atoms. The molecule has 27 heavy (non-hydrogen) atoms. The molecule has 2 aromatic carbocycles.